The smallest absolute Gasteiger partial charge is 0.318 e. The van der Waals surface area contributed by atoms with Crippen LogP contribution in [0.3, 0.4) is 0 Å². The Kier molecular flexibility index (Phi) is 3.78. The van der Waals surface area contributed by atoms with Gasteiger partial charge in [-0.25, -0.2) is 8.78 Å². The lowest BCUT2D eigenvalue weighted by Gasteiger charge is -2.38. The molecular formula is C7H11ClF5N. The van der Waals surface area contributed by atoms with Crippen LogP contribution in [0.5, 0.6) is 0 Å². The van der Waals surface area contributed by atoms with Crippen LogP contribution in [0.4, 0.5) is 22.0 Å². The Bertz CT molecular complexity index is 193. The zero-order valence-electron chi connectivity index (χ0n) is 7.20. The van der Waals surface area contributed by atoms with Crippen molar-refractivity contribution >= 4 is 12.4 Å². The third-order valence-corrected chi connectivity index (χ3v) is 2.44. The zero-order valence-corrected chi connectivity index (χ0v) is 8.02. The van der Waals surface area contributed by atoms with Gasteiger partial charge < -0.3 is 5.73 Å². The first-order valence-corrected chi connectivity index (χ1v) is 3.90. The molecule has 1 aliphatic rings. The van der Waals surface area contributed by atoms with E-state index in [4.69, 9.17) is 5.73 Å². The summed E-state index contributed by atoms with van der Waals surface area (Å²) in [6.07, 6.45) is -7.51. The van der Waals surface area contributed by atoms with E-state index in [1.807, 2.05) is 0 Å². The molecule has 0 spiro atoms. The Morgan fingerprint density at radius 2 is 1.29 bits per heavy atom. The van der Waals surface area contributed by atoms with Crippen molar-refractivity contribution in [3.8, 4) is 0 Å². The van der Waals surface area contributed by atoms with Crippen LogP contribution in [-0.4, -0.2) is 17.6 Å². The molecule has 0 saturated heterocycles. The van der Waals surface area contributed by atoms with E-state index in [0.29, 0.717) is 0 Å². The summed E-state index contributed by atoms with van der Waals surface area (Å²) in [4.78, 5) is 0. The molecule has 0 radical (unpaired) electrons. The maximum absolute atomic E-state index is 12.5. The van der Waals surface area contributed by atoms with Gasteiger partial charge in [-0.2, -0.15) is 13.2 Å². The fourth-order valence-corrected chi connectivity index (χ4v) is 1.35. The average Bonchev–Trinajstić information content (AvgIpc) is 1.94. The number of hydrogen-bond acceptors (Lipinski definition) is 1. The topological polar surface area (TPSA) is 26.0 Å². The van der Waals surface area contributed by atoms with Gasteiger partial charge in [0.25, 0.3) is 0 Å². The molecular weight excluding hydrogens is 229 g/mol. The Balaban J connectivity index is 0.00000169. The number of hydrogen-bond donors (Lipinski definition) is 1. The molecule has 0 bridgehead atoms. The maximum Gasteiger partial charge on any atom is 0.406 e. The van der Waals surface area contributed by atoms with E-state index >= 15 is 0 Å². The molecule has 0 aromatic rings. The highest BCUT2D eigenvalue weighted by Gasteiger charge is 2.56. The summed E-state index contributed by atoms with van der Waals surface area (Å²) >= 11 is 0. The highest BCUT2D eigenvalue weighted by atomic mass is 35.5. The number of rotatable bonds is 0. The Labute approximate surface area is 84.2 Å². The largest absolute Gasteiger partial charge is 0.406 e. The van der Waals surface area contributed by atoms with Gasteiger partial charge >= 0.3 is 6.18 Å². The van der Waals surface area contributed by atoms with Gasteiger partial charge in [-0.3, -0.25) is 0 Å². The summed E-state index contributed by atoms with van der Waals surface area (Å²) in [6.45, 7) is 0. The molecule has 86 valence electrons. The minimum absolute atomic E-state index is 0. The molecule has 14 heavy (non-hydrogen) atoms. The van der Waals surface area contributed by atoms with E-state index in [1.54, 1.807) is 0 Å². The van der Waals surface area contributed by atoms with Crippen LogP contribution in [-0.2, 0) is 0 Å². The molecule has 1 aliphatic carbocycles. The second kappa shape index (κ2) is 3.81. The van der Waals surface area contributed by atoms with Gasteiger partial charge in [-0.1, -0.05) is 0 Å². The molecule has 1 saturated carbocycles. The predicted octanol–water partition coefficient (Wildman–Crippen LogP) is 2.88. The van der Waals surface area contributed by atoms with E-state index in [9.17, 15) is 22.0 Å². The first-order chi connectivity index (χ1) is 5.66. The maximum atomic E-state index is 12.5. The van der Waals surface area contributed by atoms with Crippen molar-refractivity contribution in [2.45, 2.75) is 43.3 Å². The van der Waals surface area contributed by atoms with Crippen LogP contribution in [0.1, 0.15) is 25.7 Å². The lowest BCUT2D eigenvalue weighted by atomic mass is 9.80. The normalized spacial score (nSPS) is 25.3. The fourth-order valence-electron chi connectivity index (χ4n) is 1.35. The Morgan fingerprint density at radius 3 is 1.57 bits per heavy atom. The van der Waals surface area contributed by atoms with Gasteiger partial charge in [0.2, 0.25) is 5.92 Å². The van der Waals surface area contributed by atoms with Crippen LogP contribution in [0.15, 0.2) is 0 Å². The number of halogens is 6. The van der Waals surface area contributed by atoms with Gasteiger partial charge in [-0.15, -0.1) is 12.4 Å². The number of alkyl halides is 5. The van der Waals surface area contributed by atoms with Crippen molar-refractivity contribution in [2.24, 2.45) is 5.73 Å². The van der Waals surface area contributed by atoms with Gasteiger partial charge in [0.1, 0.15) is 5.54 Å². The highest BCUT2D eigenvalue weighted by Crippen LogP contribution is 2.44. The molecule has 7 heteroatoms. The lowest BCUT2D eigenvalue weighted by Crippen LogP contribution is -2.56. The second-order valence-corrected chi connectivity index (χ2v) is 3.51. The summed E-state index contributed by atoms with van der Waals surface area (Å²) in [7, 11) is 0. The zero-order chi connectivity index (χ0) is 10.3. The molecule has 0 unspecified atom stereocenters. The van der Waals surface area contributed by atoms with Crippen molar-refractivity contribution in [2.75, 3.05) is 0 Å². The lowest BCUT2D eigenvalue weighted by molar-refractivity contribution is -0.207. The Hall–Kier alpha value is -0.100. The van der Waals surface area contributed by atoms with Crippen LogP contribution >= 0.6 is 12.4 Å². The molecule has 0 amide bonds. The van der Waals surface area contributed by atoms with E-state index in [-0.39, 0.29) is 12.4 Å². The molecule has 0 aromatic carbocycles. The monoisotopic (exact) mass is 239 g/mol. The summed E-state index contributed by atoms with van der Waals surface area (Å²) in [6, 6.07) is 0. The third-order valence-electron chi connectivity index (χ3n) is 2.44. The van der Waals surface area contributed by atoms with E-state index in [2.05, 4.69) is 0 Å². The van der Waals surface area contributed by atoms with Gasteiger partial charge in [0.05, 0.1) is 0 Å². The van der Waals surface area contributed by atoms with E-state index in [0.717, 1.165) is 0 Å². The minimum atomic E-state index is -4.58. The van der Waals surface area contributed by atoms with E-state index in [1.165, 1.54) is 0 Å². The summed E-state index contributed by atoms with van der Waals surface area (Å²) in [5.41, 5.74) is 2.59. The quantitative estimate of drug-likeness (QED) is 0.647. The average molecular weight is 240 g/mol. The van der Waals surface area contributed by atoms with Crippen LogP contribution < -0.4 is 5.73 Å². The van der Waals surface area contributed by atoms with Crippen LogP contribution in [0, 0.1) is 0 Å². The molecule has 0 aliphatic heterocycles. The first-order valence-electron chi connectivity index (χ1n) is 3.90. The minimum Gasteiger partial charge on any atom is -0.318 e. The van der Waals surface area contributed by atoms with Crippen molar-refractivity contribution in [3.05, 3.63) is 0 Å². The number of nitrogens with two attached hydrogens (primary N) is 1. The third kappa shape index (κ3) is 2.70. The molecule has 1 rings (SSSR count). The summed E-state index contributed by atoms with van der Waals surface area (Å²) in [5.74, 6) is -2.98. The molecule has 2 N–H and O–H groups in total. The van der Waals surface area contributed by atoms with Gasteiger partial charge in [0.15, 0.2) is 0 Å². The summed E-state index contributed by atoms with van der Waals surface area (Å²) in [5, 5.41) is 0. The van der Waals surface area contributed by atoms with E-state index < -0.39 is 43.3 Å². The fraction of sp³-hybridized carbons (Fsp3) is 1.00. The van der Waals surface area contributed by atoms with Crippen molar-refractivity contribution in [1.82, 2.24) is 0 Å². The van der Waals surface area contributed by atoms with Gasteiger partial charge in [0, 0.05) is 12.8 Å². The van der Waals surface area contributed by atoms with Crippen LogP contribution in [0.25, 0.3) is 0 Å². The van der Waals surface area contributed by atoms with Crippen molar-refractivity contribution < 1.29 is 22.0 Å². The molecule has 1 nitrogen and oxygen atoms in total. The molecule has 0 heterocycles. The predicted molar refractivity (Wildman–Crippen MR) is 43.6 cm³/mol. The standard InChI is InChI=1S/C7H10F5N.ClH/c8-6(9)3-1-5(13,2-4-6)7(10,11)12;/h1-4,13H2;1H. The van der Waals surface area contributed by atoms with Crippen molar-refractivity contribution in [3.63, 3.8) is 0 Å². The molecule has 1 fully saturated rings. The van der Waals surface area contributed by atoms with Crippen LogP contribution in [0.2, 0.25) is 0 Å². The second-order valence-electron chi connectivity index (χ2n) is 3.51. The Morgan fingerprint density at radius 1 is 0.929 bits per heavy atom. The molecule has 0 aromatic heterocycles. The van der Waals surface area contributed by atoms with Gasteiger partial charge in [-0.05, 0) is 12.8 Å². The highest BCUT2D eigenvalue weighted by molar-refractivity contribution is 5.85. The summed E-state index contributed by atoms with van der Waals surface area (Å²) < 4.78 is 61.6. The molecule has 0 atom stereocenters. The SMILES string of the molecule is Cl.NC1(C(F)(F)F)CCC(F)(F)CC1. The first kappa shape index (κ1) is 13.9. The van der Waals surface area contributed by atoms with Crippen molar-refractivity contribution in [1.29, 1.82) is 0 Å².